The number of hydrogen-bond donors (Lipinski definition) is 0. The van der Waals surface area contributed by atoms with Crippen molar-refractivity contribution in [1.82, 2.24) is 14.9 Å². The zero-order valence-corrected chi connectivity index (χ0v) is 17.1. The molecular formula is C18H23N3O3S2. The number of ether oxygens (including phenoxy) is 1. The number of aryl methyl sites for hydroxylation is 3. The van der Waals surface area contributed by atoms with Gasteiger partial charge in [0.25, 0.3) is 0 Å². The molecule has 0 bridgehead atoms. The Bertz CT molecular complexity index is 842. The summed E-state index contributed by atoms with van der Waals surface area (Å²) in [5.74, 6) is 0.911. The monoisotopic (exact) mass is 393 g/mol. The maximum Gasteiger partial charge on any atom is 0.308 e. The van der Waals surface area contributed by atoms with Crippen LogP contribution in [0.25, 0.3) is 10.2 Å². The van der Waals surface area contributed by atoms with Gasteiger partial charge in [-0.3, -0.25) is 9.59 Å². The van der Waals surface area contributed by atoms with E-state index in [-0.39, 0.29) is 17.8 Å². The fraction of sp³-hybridized carbons (Fsp3) is 0.556. The highest BCUT2D eigenvalue weighted by Gasteiger charge is 2.28. The van der Waals surface area contributed by atoms with Crippen molar-refractivity contribution in [2.75, 3.05) is 26.0 Å². The lowest BCUT2D eigenvalue weighted by Crippen LogP contribution is -2.41. The van der Waals surface area contributed by atoms with Crippen molar-refractivity contribution in [2.45, 2.75) is 38.6 Å². The minimum absolute atomic E-state index is 0.0859. The number of aromatic nitrogens is 2. The molecule has 0 radical (unpaired) electrons. The van der Waals surface area contributed by atoms with Crippen molar-refractivity contribution in [3.05, 3.63) is 16.3 Å². The highest BCUT2D eigenvalue weighted by atomic mass is 32.2. The van der Waals surface area contributed by atoms with Gasteiger partial charge >= 0.3 is 5.97 Å². The maximum absolute atomic E-state index is 12.6. The standard InChI is InChI=1S/C18H23N3O3S2/c1-10-11(2)26-17-15(10)16(19-12(3)20-17)25-9-14(22)21-7-5-13(6-8-21)18(23)24-4/h13H,5-9H2,1-4H3. The second kappa shape index (κ2) is 7.92. The average molecular weight is 394 g/mol. The molecule has 1 aliphatic rings. The number of methoxy groups -OCH3 is 1. The molecule has 2 aromatic rings. The number of carbonyl (C=O) groups excluding carboxylic acids is 2. The predicted octanol–water partition coefficient (Wildman–Crippen LogP) is 3.12. The fourth-order valence-corrected chi connectivity index (χ4v) is 5.34. The van der Waals surface area contributed by atoms with Crippen molar-refractivity contribution in [1.29, 1.82) is 0 Å². The number of rotatable bonds is 4. The van der Waals surface area contributed by atoms with Gasteiger partial charge in [-0.15, -0.1) is 11.3 Å². The average Bonchev–Trinajstić information content (AvgIpc) is 2.92. The van der Waals surface area contributed by atoms with Crippen molar-refractivity contribution in [3.63, 3.8) is 0 Å². The van der Waals surface area contributed by atoms with Crippen LogP contribution in [-0.2, 0) is 14.3 Å². The number of thiophene rings is 1. The van der Waals surface area contributed by atoms with E-state index in [9.17, 15) is 9.59 Å². The Kier molecular flexibility index (Phi) is 5.82. The van der Waals surface area contributed by atoms with E-state index in [1.54, 1.807) is 11.3 Å². The van der Waals surface area contributed by atoms with Crippen LogP contribution >= 0.6 is 23.1 Å². The number of carbonyl (C=O) groups is 2. The van der Waals surface area contributed by atoms with Gasteiger partial charge in [-0.1, -0.05) is 11.8 Å². The minimum atomic E-state index is -0.173. The van der Waals surface area contributed by atoms with Crippen LogP contribution in [0.5, 0.6) is 0 Å². The molecule has 0 atom stereocenters. The first kappa shape index (κ1) is 19.1. The molecule has 0 spiro atoms. The van der Waals surface area contributed by atoms with E-state index in [2.05, 4.69) is 23.8 Å². The lowest BCUT2D eigenvalue weighted by molar-refractivity contribution is -0.148. The van der Waals surface area contributed by atoms with Crippen LogP contribution in [0.4, 0.5) is 0 Å². The molecule has 2 aromatic heterocycles. The summed E-state index contributed by atoms with van der Waals surface area (Å²) in [7, 11) is 1.41. The first-order valence-electron chi connectivity index (χ1n) is 8.63. The second-order valence-corrected chi connectivity index (χ2v) is 8.67. The molecule has 1 saturated heterocycles. The third kappa shape index (κ3) is 3.86. The van der Waals surface area contributed by atoms with Crippen LogP contribution in [0, 0.1) is 26.7 Å². The number of fused-ring (bicyclic) bond motifs is 1. The van der Waals surface area contributed by atoms with Gasteiger partial charge in [0.15, 0.2) is 0 Å². The number of hydrogen-bond acceptors (Lipinski definition) is 7. The molecule has 6 nitrogen and oxygen atoms in total. The Labute approximate surface area is 161 Å². The number of nitrogens with zero attached hydrogens (tertiary/aromatic N) is 3. The SMILES string of the molecule is COC(=O)C1CCN(C(=O)CSc2nc(C)nc3sc(C)c(C)c23)CC1. The van der Waals surface area contributed by atoms with Gasteiger partial charge in [-0.25, -0.2) is 9.97 Å². The van der Waals surface area contributed by atoms with Crippen LogP contribution < -0.4 is 0 Å². The summed E-state index contributed by atoms with van der Waals surface area (Å²) in [5, 5.41) is 1.95. The largest absolute Gasteiger partial charge is 0.469 e. The molecule has 1 amide bonds. The van der Waals surface area contributed by atoms with Gasteiger partial charge in [-0.05, 0) is 39.2 Å². The molecule has 1 fully saturated rings. The van der Waals surface area contributed by atoms with E-state index in [4.69, 9.17) is 4.74 Å². The first-order chi connectivity index (χ1) is 12.4. The van der Waals surface area contributed by atoms with Crippen molar-refractivity contribution >= 4 is 45.2 Å². The molecule has 0 aliphatic carbocycles. The summed E-state index contributed by atoms with van der Waals surface area (Å²) in [4.78, 5) is 37.3. The highest BCUT2D eigenvalue weighted by Crippen LogP contribution is 2.35. The number of likely N-dealkylation sites (tertiary alicyclic amines) is 1. The van der Waals surface area contributed by atoms with Crippen molar-refractivity contribution in [2.24, 2.45) is 5.92 Å². The van der Waals surface area contributed by atoms with Crippen LogP contribution in [0.1, 0.15) is 29.1 Å². The van der Waals surface area contributed by atoms with E-state index in [1.807, 2.05) is 11.8 Å². The molecular weight excluding hydrogens is 370 g/mol. The third-order valence-corrected chi connectivity index (χ3v) is 6.88. The molecule has 3 heterocycles. The summed E-state index contributed by atoms with van der Waals surface area (Å²) < 4.78 is 4.80. The van der Waals surface area contributed by atoms with E-state index in [0.717, 1.165) is 21.1 Å². The van der Waals surface area contributed by atoms with Crippen molar-refractivity contribution in [3.8, 4) is 0 Å². The molecule has 8 heteroatoms. The molecule has 1 aliphatic heterocycles. The predicted molar refractivity (Wildman–Crippen MR) is 104 cm³/mol. The fourth-order valence-electron chi connectivity index (χ4n) is 3.17. The number of esters is 1. The minimum Gasteiger partial charge on any atom is -0.469 e. The smallest absolute Gasteiger partial charge is 0.308 e. The molecule has 0 aromatic carbocycles. The molecule has 3 rings (SSSR count). The van der Waals surface area contributed by atoms with Gasteiger partial charge < -0.3 is 9.64 Å². The van der Waals surface area contributed by atoms with Gasteiger partial charge in [0.05, 0.1) is 18.8 Å². The number of amides is 1. The van der Waals surface area contributed by atoms with Crippen LogP contribution in [0.3, 0.4) is 0 Å². The summed E-state index contributed by atoms with van der Waals surface area (Å²) in [6.45, 7) is 7.26. The van der Waals surface area contributed by atoms with E-state index in [0.29, 0.717) is 31.7 Å². The zero-order valence-electron chi connectivity index (χ0n) is 15.5. The van der Waals surface area contributed by atoms with Crippen LogP contribution in [-0.4, -0.2) is 52.7 Å². The van der Waals surface area contributed by atoms with Gasteiger partial charge in [-0.2, -0.15) is 0 Å². The molecule has 26 heavy (non-hydrogen) atoms. The van der Waals surface area contributed by atoms with E-state index < -0.39 is 0 Å². The Morgan fingerprint density at radius 2 is 1.92 bits per heavy atom. The zero-order chi connectivity index (χ0) is 18.8. The molecule has 0 saturated carbocycles. The third-order valence-electron chi connectivity index (χ3n) is 4.82. The van der Waals surface area contributed by atoms with Gasteiger partial charge in [0, 0.05) is 23.4 Å². The Balaban J connectivity index is 1.65. The van der Waals surface area contributed by atoms with Crippen molar-refractivity contribution < 1.29 is 14.3 Å². The summed E-state index contributed by atoms with van der Waals surface area (Å²) in [6, 6.07) is 0. The second-order valence-electron chi connectivity index (χ2n) is 6.51. The Morgan fingerprint density at radius 3 is 2.58 bits per heavy atom. The highest BCUT2D eigenvalue weighted by molar-refractivity contribution is 8.00. The summed E-state index contributed by atoms with van der Waals surface area (Å²) >= 11 is 3.15. The lowest BCUT2D eigenvalue weighted by atomic mass is 9.97. The summed E-state index contributed by atoms with van der Waals surface area (Å²) in [5.41, 5.74) is 1.19. The molecule has 140 valence electrons. The Hall–Kier alpha value is -1.67. The van der Waals surface area contributed by atoms with Crippen LogP contribution in [0.2, 0.25) is 0 Å². The van der Waals surface area contributed by atoms with E-state index >= 15 is 0 Å². The summed E-state index contributed by atoms with van der Waals surface area (Å²) in [6.07, 6.45) is 1.34. The normalized spacial score (nSPS) is 15.5. The topological polar surface area (TPSA) is 72.4 Å². The van der Waals surface area contributed by atoms with Crippen LogP contribution in [0.15, 0.2) is 5.03 Å². The van der Waals surface area contributed by atoms with Gasteiger partial charge in [0.2, 0.25) is 5.91 Å². The van der Waals surface area contributed by atoms with E-state index in [1.165, 1.54) is 29.3 Å². The lowest BCUT2D eigenvalue weighted by Gasteiger charge is -2.30. The number of thioether (sulfide) groups is 1. The maximum atomic E-state index is 12.6. The molecule has 0 N–H and O–H groups in total. The molecule has 0 unspecified atom stereocenters. The Morgan fingerprint density at radius 1 is 1.23 bits per heavy atom. The quantitative estimate of drug-likeness (QED) is 0.451. The first-order valence-corrected chi connectivity index (χ1v) is 10.4. The van der Waals surface area contributed by atoms with Gasteiger partial charge in [0.1, 0.15) is 15.7 Å². The number of piperidine rings is 1.